The van der Waals surface area contributed by atoms with Crippen LogP contribution in [-0.4, -0.2) is 26.5 Å². The summed E-state index contributed by atoms with van der Waals surface area (Å²) in [6, 6.07) is 22.3. The van der Waals surface area contributed by atoms with E-state index >= 15 is 0 Å². The van der Waals surface area contributed by atoms with E-state index in [4.69, 9.17) is 11.6 Å². The molecule has 0 spiro atoms. The van der Waals surface area contributed by atoms with Gasteiger partial charge in [-0.1, -0.05) is 66.9 Å². The summed E-state index contributed by atoms with van der Waals surface area (Å²) < 4.78 is 1.87. The minimum atomic E-state index is -0.892. The second-order valence-corrected chi connectivity index (χ2v) is 9.57. The van der Waals surface area contributed by atoms with Crippen molar-refractivity contribution in [3.05, 3.63) is 95.3 Å². The van der Waals surface area contributed by atoms with Crippen LogP contribution in [0.15, 0.2) is 79.1 Å². The normalized spacial score (nSPS) is 15.7. The number of nitrogens with zero attached hydrogens (tertiary/aromatic N) is 2. The lowest BCUT2D eigenvalue weighted by atomic mass is 9.78. The molecule has 1 heterocycles. The topological polar surface area (TPSA) is 84.2 Å². The molecule has 0 aliphatic heterocycles. The highest BCUT2D eigenvalue weighted by atomic mass is 35.5. The molecule has 1 aromatic heterocycles. The number of carbonyl (C=O) groups is 2. The molecule has 1 atom stereocenters. The molecule has 0 saturated heterocycles. The fourth-order valence-corrected chi connectivity index (χ4v) is 5.34. The van der Waals surface area contributed by atoms with Crippen LogP contribution in [0.1, 0.15) is 49.3 Å². The van der Waals surface area contributed by atoms with Crippen molar-refractivity contribution in [2.75, 3.05) is 5.32 Å². The maximum Gasteiger partial charge on any atom is 0.305 e. The fraction of sp³-hybridized carbons (Fsp3) is 0.250. The van der Waals surface area contributed by atoms with Crippen molar-refractivity contribution in [3.8, 4) is 0 Å². The average Bonchev–Trinajstić information content (AvgIpc) is 3.52. The van der Waals surface area contributed by atoms with Gasteiger partial charge >= 0.3 is 5.97 Å². The monoisotopic (exact) mass is 487 g/mol. The van der Waals surface area contributed by atoms with Crippen LogP contribution in [0.4, 0.5) is 5.69 Å². The number of anilines is 1. The van der Waals surface area contributed by atoms with E-state index < -0.39 is 17.4 Å². The van der Waals surface area contributed by atoms with Crippen LogP contribution in [0.2, 0.25) is 5.02 Å². The zero-order valence-corrected chi connectivity index (χ0v) is 19.9. The average molecular weight is 488 g/mol. The first kappa shape index (κ1) is 23.1. The SMILES string of the molecule is O=C(O)CC(c1ccccc1)n1cnc2ccc(NC(=O)C3(c4ccc(Cl)cc4)CCCC3)cc21. The Labute approximate surface area is 208 Å². The minimum Gasteiger partial charge on any atom is -0.481 e. The molecule has 1 fully saturated rings. The third kappa shape index (κ3) is 4.54. The summed E-state index contributed by atoms with van der Waals surface area (Å²) in [7, 11) is 0. The van der Waals surface area contributed by atoms with Gasteiger partial charge in [0, 0.05) is 10.7 Å². The van der Waals surface area contributed by atoms with Crippen molar-refractivity contribution in [3.63, 3.8) is 0 Å². The number of benzene rings is 3. The molecule has 1 amide bonds. The number of halogens is 1. The van der Waals surface area contributed by atoms with Gasteiger partial charge in [-0.25, -0.2) is 4.98 Å². The lowest BCUT2D eigenvalue weighted by Gasteiger charge is -2.28. The molecule has 4 aromatic rings. The second kappa shape index (κ2) is 9.55. The van der Waals surface area contributed by atoms with E-state index in [1.54, 1.807) is 6.33 Å². The summed E-state index contributed by atoms with van der Waals surface area (Å²) in [6.45, 7) is 0. The van der Waals surface area contributed by atoms with Crippen molar-refractivity contribution in [1.29, 1.82) is 0 Å². The van der Waals surface area contributed by atoms with Crippen molar-refractivity contribution >= 4 is 40.2 Å². The van der Waals surface area contributed by atoms with Gasteiger partial charge in [-0.3, -0.25) is 9.59 Å². The van der Waals surface area contributed by atoms with E-state index in [1.807, 2.05) is 77.4 Å². The molecule has 1 unspecified atom stereocenters. The van der Waals surface area contributed by atoms with Crippen molar-refractivity contribution < 1.29 is 14.7 Å². The van der Waals surface area contributed by atoms with Crippen LogP contribution in [-0.2, 0) is 15.0 Å². The van der Waals surface area contributed by atoms with E-state index in [0.29, 0.717) is 10.7 Å². The summed E-state index contributed by atoms with van der Waals surface area (Å²) >= 11 is 6.09. The number of carboxylic acids is 1. The summed E-state index contributed by atoms with van der Waals surface area (Å²) in [5.41, 5.74) is 3.44. The maximum absolute atomic E-state index is 13.6. The first-order valence-corrected chi connectivity index (χ1v) is 12.1. The summed E-state index contributed by atoms with van der Waals surface area (Å²) in [6.07, 6.45) is 5.16. The Morgan fingerprint density at radius 2 is 1.74 bits per heavy atom. The van der Waals surface area contributed by atoms with Gasteiger partial charge in [-0.15, -0.1) is 0 Å². The summed E-state index contributed by atoms with van der Waals surface area (Å²) in [5.74, 6) is -0.927. The van der Waals surface area contributed by atoms with Gasteiger partial charge in [0.15, 0.2) is 0 Å². The van der Waals surface area contributed by atoms with E-state index in [-0.39, 0.29) is 12.3 Å². The van der Waals surface area contributed by atoms with E-state index in [9.17, 15) is 14.7 Å². The number of amides is 1. The molecular weight excluding hydrogens is 462 g/mol. The molecule has 2 N–H and O–H groups in total. The maximum atomic E-state index is 13.6. The first-order valence-electron chi connectivity index (χ1n) is 11.8. The third-order valence-corrected chi connectivity index (χ3v) is 7.26. The lowest BCUT2D eigenvalue weighted by molar-refractivity contribution is -0.137. The Morgan fingerprint density at radius 1 is 1.03 bits per heavy atom. The molecule has 3 aromatic carbocycles. The van der Waals surface area contributed by atoms with Crippen LogP contribution < -0.4 is 5.32 Å². The van der Waals surface area contributed by atoms with Crippen LogP contribution in [0.3, 0.4) is 0 Å². The molecule has 1 aliphatic rings. The first-order chi connectivity index (χ1) is 17.0. The molecule has 0 bridgehead atoms. The van der Waals surface area contributed by atoms with Gasteiger partial charge in [0.2, 0.25) is 5.91 Å². The quantitative estimate of drug-likeness (QED) is 0.325. The Hall–Kier alpha value is -3.64. The van der Waals surface area contributed by atoms with Crippen molar-refractivity contribution in [2.45, 2.75) is 43.6 Å². The smallest absolute Gasteiger partial charge is 0.305 e. The number of rotatable bonds is 7. The van der Waals surface area contributed by atoms with Crippen LogP contribution in [0, 0.1) is 0 Å². The highest BCUT2D eigenvalue weighted by Gasteiger charge is 2.42. The number of imidazole rings is 1. The van der Waals surface area contributed by atoms with Gasteiger partial charge in [-0.2, -0.15) is 0 Å². The van der Waals surface area contributed by atoms with Gasteiger partial charge in [0.1, 0.15) is 0 Å². The zero-order chi connectivity index (χ0) is 24.4. The van der Waals surface area contributed by atoms with Crippen molar-refractivity contribution in [2.24, 2.45) is 0 Å². The molecule has 5 rings (SSSR count). The Morgan fingerprint density at radius 3 is 2.43 bits per heavy atom. The van der Waals surface area contributed by atoms with E-state index in [1.165, 1.54) is 0 Å². The third-order valence-electron chi connectivity index (χ3n) is 7.01. The van der Waals surface area contributed by atoms with Gasteiger partial charge < -0.3 is 15.0 Å². The molecule has 0 radical (unpaired) electrons. The van der Waals surface area contributed by atoms with Crippen molar-refractivity contribution in [1.82, 2.24) is 9.55 Å². The van der Waals surface area contributed by atoms with Crippen LogP contribution >= 0.6 is 11.6 Å². The fourth-order valence-electron chi connectivity index (χ4n) is 5.21. The van der Waals surface area contributed by atoms with E-state index in [2.05, 4.69) is 10.3 Å². The lowest BCUT2D eigenvalue weighted by Crippen LogP contribution is -2.38. The van der Waals surface area contributed by atoms with Crippen LogP contribution in [0.25, 0.3) is 11.0 Å². The minimum absolute atomic E-state index is 0.0344. The predicted molar refractivity (Wildman–Crippen MR) is 137 cm³/mol. The largest absolute Gasteiger partial charge is 0.481 e. The summed E-state index contributed by atoms with van der Waals surface area (Å²) in [4.78, 5) is 29.8. The Kier molecular flexibility index (Phi) is 6.31. The molecule has 178 valence electrons. The van der Waals surface area contributed by atoms with Gasteiger partial charge in [0.25, 0.3) is 0 Å². The number of aromatic nitrogens is 2. The molecule has 35 heavy (non-hydrogen) atoms. The molecular formula is C28H26ClN3O3. The van der Waals surface area contributed by atoms with Gasteiger partial charge in [-0.05, 0) is 54.3 Å². The highest BCUT2D eigenvalue weighted by molar-refractivity contribution is 6.30. The highest BCUT2D eigenvalue weighted by Crippen LogP contribution is 2.42. The molecule has 1 aliphatic carbocycles. The van der Waals surface area contributed by atoms with Gasteiger partial charge in [0.05, 0.1) is 35.2 Å². The number of hydrogen-bond donors (Lipinski definition) is 2. The predicted octanol–water partition coefficient (Wildman–Crippen LogP) is 6.20. The number of carboxylic acid groups (broad SMARTS) is 1. The second-order valence-electron chi connectivity index (χ2n) is 9.13. The number of hydrogen-bond acceptors (Lipinski definition) is 3. The zero-order valence-electron chi connectivity index (χ0n) is 19.2. The number of nitrogens with one attached hydrogen (secondary N) is 1. The number of carbonyl (C=O) groups excluding carboxylic acids is 1. The number of aliphatic carboxylic acids is 1. The summed E-state index contributed by atoms with van der Waals surface area (Å²) in [5, 5.41) is 13.4. The standard InChI is InChI=1S/C28H26ClN3O3/c29-21-10-8-20(9-11-21)28(14-4-5-15-28)27(35)31-22-12-13-23-25(16-22)32(18-30-23)24(17-26(33)34)19-6-2-1-3-7-19/h1-3,6-13,16,18,24H,4-5,14-15,17H2,(H,31,35)(H,33,34). The molecule has 6 nitrogen and oxygen atoms in total. The van der Waals surface area contributed by atoms with E-state index in [0.717, 1.165) is 47.8 Å². The Bertz CT molecular complexity index is 1360. The molecule has 7 heteroatoms. The Balaban J connectivity index is 1.49. The van der Waals surface area contributed by atoms with Crippen LogP contribution in [0.5, 0.6) is 0 Å². The molecule has 1 saturated carbocycles. The number of fused-ring (bicyclic) bond motifs is 1.